The summed E-state index contributed by atoms with van der Waals surface area (Å²) in [7, 11) is 0. The van der Waals surface area contributed by atoms with Crippen molar-refractivity contribution < 1.29 is 19.2 Å². The van der Waals surface area contributed by atoms with Crippen LogP contribution in [0.15, 0.2) is 36.9 Å². The van der Waals surface area contributed by atoms with Crippen LogP contribution in [0.5, 0.6) is 0 Å². The Morgan fingerprint density at radius 1 is 1.26 bits per heavy atom. The highest BCUT2D eigenvalue weighted by Crippen LogP contribution is 2.53. The number of anilines is 1. The van der Waals surface area contributed by atoms with E-state index in [1.807, 2.05) is 0 Å². The third-order valence-electron chi connectivity index (χ3n) is 5.73. The molecule has 0 aliphatic carbocycles. The molecule has 140 valence electrons. The summed E-state index contributed by atoms with van der Waals surface area (Å²) in [4.78, 5) is 51.6. The maximum atomic E-state index is 13.1. The molecule has 3 aliphatic heterocycles. The number of primary amides is 1. The van der Waals surface area contributed by atoms with E-state index in [1.165, 1.54) is 6.08 Å². The molecule has 1 aromatic rings. The van der Waals surface area contributed by atoms with E-state index >= 15 is 0 Å². The Bertz CT molecular complexity index is 882. The minimum atomic E-state index is -1.33. The number of likely N-dealkylation sites (tertiary alicyclic amines) is 1. The van der Waals surface area contributed by atoms with Gasteiger partial charge in [0.1, 0.15) is 5.54 Å². The number of para-hydroxylation sites is 1. The molecule has 1 aromatic carbocycles. The van der Waals surface area contributed by atoms with Crippen LogP contribution in [0.25, 0.3) is 0 Å². The minimum absolute atomic E-state index is 0.0587. The molecule has 4 atom stereocenters. The van der Waals surface area contributed by atoms with Crippen molar-refractivity contribution in [3.05, 3.63) is 42.5 Å². The third-order valence-corrected chi connectivity index (χ3v) is 5.73. The number of rotatable bonds is 5. The van der Waals surface area contributed by atoms with Gasteiger partial charge in [0.25, 0.3) is 0 Å². The van der Waals surface area contributed by atoms with Gasteiger partial charge in [-0.1, -0.05) is 24.3 Å². The summed E-state index contributed by atoms with van der Waals surface area (Å²) >= 11 is 0. The second kappa shape index (κ2) is 6.02. The third kappa shape index (κ3) is 2.26. The van der Waals surface area contributed by atoms with E-state index in [-0.39, 0.29) is 31.2 Å². The van der Waals surface area contributed by atoms with Crippen LogP contribution in [0.3, 0.4) is 0 Å². The van der Waals surface area contributed by atoms with E-state index in [0.29, 0.717) is 11.3 Å². The van der Waals surface area contributed by atoms with Crippen LogP contribution in [0.1, 0.15) is 18.4 Å². The number of nitrogens with one attached hydrogen (secondary N) is 2. The molecule has 8 heteroatoms. The zero-order valence-corrected chi connectivity index (χ0v) is 14.6. The topological polar surface area (TPSA) is 122 Å². The van der Waals surface area contributed by atoms with Gasteiger partial charge < -0.3 is 11.1 Å². The zero-order valence-electron chi connectivity index (χ0n) is 14.6. The number of hydrogen-bond acceptors (Lipinski definition) is 5. The van der Waals surface area contributed by atoms with Crippen molar-refractivity contribution in [1.82, 2.24) is 10.2 Å². The van der Waals surface area contributed by atoms with Crippen molar-refractivity contribution in [2.75, 3.05) is 11.9 Å². The summed E-state index contributed by atoms with van der Waals surface area (Å²) < 4.78 is 0. The number of imide groups is 1. The molecular weight excluding hydrogens is 348 g/mol. The predicted octanol–water partition coefficient (Wildman–Crippen LogP) is -0.141. The van der Waals surface area contributed by atoms with E-state index in [9.17, 15) is 19.2 Å². The van der Waals surface area contributed by atoms with Crippen molar-refractivity contribution in [2.45, 2.75) is 24.4 Å². The van der Waals surface area contributed by atoms with Gasteiger partial charge in [-0.15, -0.1) is 6.58 Å². The molecule has 3 aliphatic rings. The molecule has 2 fully saturated rings. The van der Waals surface area contributed by atoms with Crippen molar-refractivity contribution in [3.8, 4) is 0 Å². The summed E-state index contributed by atoms with van der Waals surface area (Å²) in [5, 5.41) is 6.05. The molecule has 0 saturated carbocycles. The molecular formula is C19H20N4O4. The highest BCUT2D eigenvalue weighted by atomic mass is 16.2. The molecule has 0 bridgehead atoms. The number of benzene rings is 1. The molecule has 27 heavy (non-hydrogen) atoms. The van der Waals surface area contributed by atoms with Gasteiger partial charge in [-0.3, -0.25) is 29.4 Å². The van der Waals surface area contributed by atoms with Gasteiger partial charge in [0.05, 0.1) is 11.8 Å². The Kier molecular flexibility index (Phi) is 3.88. The van der Waals surface area contributed by atoms with Crippen LogP contribution in [-0.2, 0) is 24.7 Å². The molecule has 1 spiro atoms. The van der Waals surface area contributed by atoms with E-state index < -0.39 is 35.2 Å². The molecule has 0 radical (unpaired) electrons. The van der Waals surface area contributed by atoms with Crippen molar-refractivity contribution >= 4 is 29.3 Å². The number of fused-ring (bicyclic) bond motifs is 4. The monoisotopic (exact) mass is 368 g/mol. The van der Waals surface area contributed by atoms with Gasteiger partial charge in [0, 0.05) is 30.3 Å². The second-order valence-corrected chi connectivity index (χ2v) is 7.14. The zero-order chi connectivity index (χ0) is 19.3. The maximum Gasteiger partial charge on any atom is 0.250 e. The van der Waals surface area contributed by atoms with Crippen LogP contribution in [-0.4, -0.2) is 41.1 Å². The molecule has 8 nitrogen and oxygen atoms in total. The maximum absolute atomic E-state index is 13.1. The first-order valence-electron chi connectivity index (χ1n) is 8.85. The smallest absolute Gasteiger partial charge is 0.250 e. The summed E-state index contributed by atoms with van der Waals surface area (Å²) in [6, 6.07) is 6.61. The molecule has 0 aromatic heterocycles. The average Bonchev–Trinajstić information content (AvgIpc) is 3.21. The van der Waals surface area contributed by atoms with Crippen molar-refractivity contribution in [2.24, 2.45) is 17.6 Å². The molecule has 3 heterocycles. The van der Waals surface area contributed by atoms with E-state index in [4.69, 9.17) is 5.73 Å². The van der Waals surface area contributed by atoms with Crippen LogP contribution in [0, 0.1) is 11.8 Å². The quantitative estimate of drug-likeness (QED) is 0.493. The lowest BCUT2D eigenvalue weighted by atomic mass is 9.76. The summed E-state index contributed by atoms with van der Waals surface area (Å²) in [6.45, 7) is 3.69. The van der Waals surface area contributed by atoms with Crippen molar-refractivity contribution in [3.63, 3.8) is 0 Å². The van der Waals surface area contributed by atoms with Crippen LogP contribution >= 0.6 is 0 Å². The highest BCUT2D eigenvalue weighted by Gasteiger charge is 2.70. The Hall–Kier alpha value is -3.00. The number of amides is 4. The lowest BCUT2D eigenvalue weighted by Gasteiger charge is -2.29. The Balaban J connectivity index is 1.83. The molecule has 4 rings (SSSR count). The van der Waals surface area contributed by atoms with Crippen molar-refractivity contribution in [1.29, 1.82) is 0 Å². The molecule has 4 N–H and O–H groups in total. The average molecular weight is 368 g/mol. The Labute approximate surface area is 155 Å². The lowest BCUT2D eigenvalue weighted by molar-refractivity contribution is -0.142. The van der Waals surface area contributed by atoms with E-state index in [2.05, 4.69) is 17.2 Å². The number of carbonyl (C=O) groups excluding carboxylic acids is 4. The van der Waals surface area contributed by atoms with Gasteiger partial charge in [-0.2, -0.15) is 0 Å². The second-order valence-electron chi connectivity index (χ2n) is 7.14. The van der Waals surface area contributed by atoms with E-state index in [0.717, 1.165) is 4.90 Å². The van der Waals surface area contributed by atoms with Crippen LogP contribution < -0.4 is 16.4 Å². The Morgan fingerprint density at radius 2 is 2.00 bits per heavy atom. The normalized spacial score (nSPS) is 31.2. The summed E-state index contributed by atoms with van der Waals surface area (Å²) in [5.41, 5.74) is 5.21. The van der Waals surface area contributed by atoms with Gasteiger partial charge in [-0.05, 0) is 12.5 Å². The summed E-state index contributed by atoms with van der Waals surface area (Å²) in [6.07, 6.45) is 1.82. The lowest BCUT2D eigenvalue weighted by Crippen LogP contribution is -2.53. The number of nitrogens with zero attached hydrogens (tertiary/aromatic N) is 1. The van der Waals surface area contributed by atoms with Gasteiger partial charge in [0.2, 0.25) is 23.6 Å². The van der Waals surface area contributed by atoms with Gasteiger partial charge in [0.15, 0.2) is 0 Å². The predicted molar refractivity (Wildman–Crippen MR) is 96.0 cm³/mol. The first kappa shape index (κ1) is 17.4. The molecule has 2 saturated heterocycles. The first-order chi connectivity index (χ1) is 12.9. The molecule has 4 amide bonds. The van der Waals surface area contributed by atoms with E-state index in [1.54, 1.807) is 24.3 Å². The Morgan fingerprint density at radius 3 is 2.70 bits per heavy atom. The minimum Gasteiger partial charge on any atom is -0.370 e. The van der Waals surface area contributed by atoms with Crippen LogP contribution in [0.2, 0.25) is 0 Å². The SMILES string of the molecule is C=CCN1C(=O)[C@H]2[C@H](CCC(N)=O)N[C@@]3(C(=O)Nc4ccccc43)[C@H]2C1=O. The fourth-order valence-electron chi connectivity index (χ4n) is 4.67. The fourth-order valence-corrected chi connectivity index (χ4v) is 4.67. The van der Waals surface area contributed by atoms with Gasteiger partial charge >= 0.3 is 0 Å². The number of carbonyl (C=O) groups is 4. The number of hydrogen-bond donors (Lipinski definition) is 3. The number of nitrogens with two attached hydrogens (primary N) is 1. The summed E-state index contributed by atoms with van der Waals surface area (Å²) in [5.74, 6) is -3.20. The van der Waals surface area contributed by atoms with Gasteiger partial charge in [-0.25, -0.2) is 0 Å². The highest BCUT2D eigenvalue weighted by molar-refractivity contribution is 6.15. The first-order valence-corrected chi connectivity index (χ1v) is 8.85. The fraction of sp³-hybridized carbons (Fsp3) is 0.368. The molecule has 0 unspecified atom stereocenters. The largest absolute Gasteiger partial charge is 0.370 e. The van der Waals surface area contributed by atoms with Crippen LogP contribution in [0.4, 0.5) is 5.69 Å². The standard InChI is InChI=1S/C19H20N4O4/c1-2-9-23-16(25)14-12(7-8-13(20)24)22-19(15(14)17(23)26)10-5-3-4-6-11(10)21-18(19)27/h2-6,12,14-15,22H,1,7-9H2,(H2,20,24)(H,21,27)/t12-,14-,15+,19+/m0/s1.